The van der Waals surface area contributed by atoms with Gasteiger partial charge in [-0.05, 0) is 111 Å². The van der Waals surface area contributed by atoms with Gasteiger partial charge in [0.2, 0.25) is 5.91 Å². The van der Waals surface area contributed by atoms with E-state index in [1.54, 1.807) is 24.3 Å². The second-order valence-electron chi connectivity index (χ2n) is 10.1. The zero-order valence-electron chi connectivity index (χ0n) is 20.8. The summed E-state index contributed by atoms with van der Waals surface area (Å²) in [6.45, 7) is 3.39. The van der Waals surface area contributed by atoms with Gasteiger partial charge in [0, 0.05) is 37.6 Å². The topological polar surface area (TPSA) is 50.2 Å². The van der Waals surface area contributed by atoms with Gasteiger partial charge >= 0.3 is 0 Å². The number of hydrogen-bond donors (Lipinski definition) is 1. The summed E-state index contributed by atoms with van der Waals surface area (Å²) in [5, 5.41) is 7.51. The first-order valence-corrected chi connectivity index (χ1v) is 13.2. The molecule has 3 aromatic rings. The monoisotopic (exact) mass is 486 g/mol. The predicted octanol–water partition coefficient (Wildman–Crippen LogP) is 5.19. The quantitative estimate of drug-likeness (QED) is 0.468. The van der Waals surface area contributed by atoms with Gasteiger partial charge in [-0.1, -0.05) is 18.2 Å². The summed E-state index contributed by atoms with van der Waals surface area (Å²) in [5.41, 5.74) is 4.89. The van der Waals surface area contributed by atoms with Gasteiger partial charge in [-0.15, -0.1) is 0 Å². The van der Waals surface area contributed by atoms with Crippen LogP contribution >= 0.6 is 0 Å². The summed E-state index contributed by atoms with van der Waals surface area (Å²) in [5.74, 6) is 0.405. The van der Waals surface area contributed by atoms with Crippen molar-refractivity contribution in [2.45, 2.75) is 51.0 Å². The maximum absolute atomic E-state index is 13.0. The first-order chi connectivity index (χ1) is 17.6. The highest BCUT2D eigenvalue weighted by Crippen LogP contribution is 2.28. The molecule has 1 aliphatic carbocycles. The van der Waals surface area contributed by atoms with Crippen molar-refractivity contribution < 1.29 is 9.18 Å². The fourth-order valence-electron chi connectivity index (χ4n) is 5.50. The van der Waals surface area contributed by atoms with E-state index in [0.29, 0.717) is 0 Å². The van der Waals surface area contributed by atoms with Crippen LogP contribution in [0.15, 0.2) is 67.0 Å². The lowest BCUT2D eigenvalue weighted by molar-refractivity contribution is -0.117. The minimum Gasteiger partial charge on any atom is -0.350 e. The Morgan fingerprint density at radius 2 is 1.81 bits per heavy atom. The molecule has 5 nitrogen and oxygen atoms in total. The standard InChI is InChI=1S/C30H35FN4O/c31-27-8-2-23(3-9-27)6-13-30(36)33-28-10-4-24(5-11-28)14-19-34-20-15-25-7-12-29(22-26(25)16-21-34)35-18-1-17-32-35/h1-3,6-9,12-13,17-18,22,24,28H,4-5,10-11,14-16,19-21H2,(H,33,36)/b13-6+. The summed E-state index contributed by atoms with van der Waals surface area (Å²) in [6.07, 6.45) is 15.0. The molecule has 0 unspecified atom stereocenters. The van der Waals surface area contributed by atoms with E-state index < -0.39 is 0 Å². The molecule has 2 heterocycles. The first-order valence-electron chi connectivity index (χ1n) is 13.2. The number of nitrogens with zero attached hydrogens (tertiary/aromatic N) is 3. The second kappa shape index (κ2) is 11.7. The van der Waals surface area contributed by atoms with E-state index in [1.165, 1.54) is 42.5 Å². The van der Waals surface area contributed by atoms with Crippen LogP contribution in [0.3, 0.4) is 0 Å². The van der Waals surface area contributed by atoms with Gasteiger partial charge in [-0.3, -0.25) is 4.79 Å². The number of carbonyl (C=O) groups is 1. The van der Waals surface area contributed by atoms with Crippen molar-refractivity contribution in [2.24, 2.45) is 5.92 Å². The molecule has 1 N–H and O–H groups in total. The molecule has 36 heavy (non-hydrogen) atoms. The maximum atomic E-state index is 13.0. The normalized spacial score (nSPS) is 20.7. The molecule has 1 aliphatic heterocycles. The van der Waals surface area contributed by atoms with Crippen LogP contribution in [0.5, 0.6) is 0 Å². The summed E-state index contributed by atoms with van der Waals surface area (Å²) in [4.78, 5) is 14.9. The molecular formula is C30H35FN4O. The Bertz CT molecular complexity index is 1160. The van der Waals surface area contributed by atoms with Crippen LogP contribution in [0.4, 0.5) is 4.39 Å². The summed E-state index contributed by atoms with van der Waals surface area (Å²) >= 11 is 0. The number of fused-ring (bicyclic) bond motifs is 1. The molecule has 0 atom stereocenters. The Labute approximate surface area is 213 Å². The van der Waals surface area contributed by atoms with E-state index in [9.17, 15) is 9.18 Å². The van der Waals surface area contributed by atoms with Crippen LogP contribution in [0.1, 0.15) is 48.8 Å². The SMILES string of the molecule is O=C(/C=C/c1ccc(F)cc1)NC1CCC(CCN2CCc3ccc(-n4cccn4)cc3CC2)CC1. The molecule has 1 fully saturated rings. The van der Waals surface area contributed by atoms with Crippen LogP contribution < -0.4 is 5.32 Å². The summed E-state index contributed by atoms with van der Waals surface area (Å²) in [7, 11) is 0. The van der Waals surface area contributed by atoms with Crippen LogP contribution in [0.2, 0.25) is 0 Å². The molecule has 5 rings (SSSR count). The third kappa shape index (κ3) is 6.49. The summed E-state index contributed by atoms with van der Waals surface area (Å²) in [6, 6.07) is 15.1. The van der Waals surface area contributed by atoms with Crippen molar-refractivity contribution in [2.75, 3.05) is 19.6 Å². The lowest BCUT2D eigenvalue weighted by Crippen LogP contribution is -2.37. The molecule has 2 aromatic carbocycles. The zero-order chi connectivity index (χ0) is 24.7. The minimum atomic E-state index is -0.269. The van der Waals surface area contributed by atoms with E-state index >= 15 is 0 Å². The number of halogens is 1. The highest BCUT2D eigenvalue weighted by molar-refractivity contribution is 5.91. The third-order valence-corrected chi connectivity index (χ3v) is 7.70. The molecule has 0 saturated heterocycles. The molecule has 0 radical (unpaired) electrons. The molecule has 1 saturated carbocycles. The first kappa shape index (κ1) is 24.4. The largest absolute Gasteiger partial charge is 0.350 e. The van der Waals surface area contributed by atoms with Crippen molar-refractivity contribution in [3.63, 3.8) is 0 Å². The Kier molecular flexibility index (Phi) is 7.91. The molecule has 188 valence electrons. The Morgan fingerprint density at radius 1 is 1.03 bits per heavy atom. The molecule has 6 heteroatoms. The Hall–Kier alpha value is -3.25. The number of benzene rings is 2. The molecular weight excluding hydrogens is 451 g/mol. The highest BCUT2D eigenvalue weighted by atomic mass is 19.1. The van der Waals surface area contributed by atoms with Crippen molar-refractivity contribution in [1.82, 2.24) is 20.0 Å². The average Bonchev–Trinajstić information content (AvgIpc) is 3.36. The van der Waals surface area contributed by atoms with Crippen molar-refractivity contribution >= 4 is 12.0 Å². The van der Waals surface area contributed by atoms with E-state index in [4.69, 9.17) is 0 Å². The molecule has 0 spiro atoms. The van der Waals surface area contributed by atoms with Gasteiger partial charge in [0.05, 0.1) is 5.69 Å². The lowest BCUT2D eigenvalue weighted by Gasteiger charge is -2.30. The van der Waals surface area contributed by atoms with Gasteiger partial charge in [0.1, 0.15) is 5.82 Å². The number of hydrogen-bond acceptors (Lipinski definition) is 3. The molecule has 0 bridgehead atoms. The predicted molar refractivity (Wildman–Crippen MR) is 141 cm³/mol. The number of nitrogens with one attached hydrogen (secondary N) is 1. The second-order valence-corrected chi connectivity index (χ2v) is 10.1. The fourth-order valence-corrected chi connectivity index (χ4v) is 5.50. The molecule has 1 amide bonds. The Morgan fingerprint density at radius 3 is 2.56 bits per heavy atom. The molecule has 2 aliphatic rings. The summed E-state index contributed by atoms with van der Waals surface area (Å²) < 4.78 is 14.9. The zero-order valence-corrected chi connectivity index (χ0v) is 20.8. The number of rotatable bonds is 7. The minimum absolute atomic E-state index is 0.0670. The van der Waals surface area contributed by atoms with Crippen LogP contribution in [0.25, 0.3) is 11.8 Å². The van der Waals surface area contributed by atoms with E-state index in [2.05, 4.69) is 33.5 Å². The van der Waals surface area contributed by atoms with Gasteiger partial charge < -0.3 is 10.2 Å². The third-order valence-electron chi connectivity index (χ3n) is 7.70. The van der Waals surface area contributed by atoms with E-state index in [0.717, 1.165) is 62.5 Å². The van der Waals surface area contributed by atoms with E-state index in [-0.39, 0.29) is 17.8 Å². The fraction of sp³-hybridized carbons (Fsp3) is 0.400. The van der Waals surface area contributed by atoms with Gasteiger partial charge in [-0.25, -0.2) is 9.07 Å². The number of amides is 1. The Balaban J connectivity index is 1.03. The van der Waals surface area contributed by atoms with Crippen LogP contribution in [-0.2, 0) is 17.6 Å². The molecule has 1 aromatic heterocycles. The van der Waals surface area contributed by atoms with Gasteiger partial charge in [0.25, 0.3) is 0 Å². The number of aromatic nitrogens is 2. The maximum Gasteiger partial charge on any atom is 0.244 e. The van der Waals surface area contributed by atoms with Crippen LogP contribution in [-0.4, -0.2) is 46.3 Å². The highest BCUT2D eigenvalue weighted by Gasteiger charge is 2.23. The smallest absolute Gasteiger partial charge is 0.244 e. The average molecular weight is 487 g/mol. The van der Waals surface area contributed by atoms with Gasteiger partial charge in [-0.2, -0.15) is 5.10 Å². The van der Waals surface area contributed by atoms with Gasteiger partial charge in [0.15, 0.2) is 0 Å². The van der Waals surface area contributed by atoms with Crippen molar-refractivity contribution in [3.8, 4) is 5.69 Å². The van der Waals surface area contributed by atoms with Crippen molar-refractivity contribution in [1.29, 1.82) is 0 Å². The van der Waals surface area contributed by atoms with Crippen LogP contribution in [0, 0.1) is 11.7 Å². The number of carbonyl (C=O) groups excluding carboxylic acids is 1. The van der Waals surface area contributed by atoms with E-state index in [1.807, 2.05) is 23.1 Å². The lowest BCUT2D eigenvalue weighted by atomic mass is 9.84. The van der Waals surface area contributed by atoms with Crippen molar-refractivity contribution in [3.05, 3.63) is 89.5 Å².